The lowest BCUT2D eigenvalue weighted by molar-refractivity contribution is -0.155. The molecule has 1 atom stereocenters. The topological polar surface area (TPSA) is 60.9 Å². The van der Waals surface area contributed by atoms with Crippen molar-refractivity contribution in [2.24, 2.45) is 0 Å². The van der Waals surface area contributed by atoms with E-state index in [0.29, 0.717) is 13.1 Å². The summed E-state index contributed by atoms with van der Waals surface area (Å²) in [4.78, 5) is 25.3. The van der Waals surface area contributed by atoms with E-state index in [0.717, 1.165) is 0 Å². The van der Waals surface area contributed by atoms with Crippen molar-refractivity contribution in [3.8, 4) is 0 Å². The van der Waals surface area contributed by atoms with Crippen LogP contribution in [-0.4, -0.2) is 65.4 Å². The summed E-state index contributed by atoms with van der Waals surface area (Å²) in [5.41, 5.74) is 0. The van der Waals surface area contributed by atoms with E-state index in [4.69, 9.17) is 11.6 Å². The average molecular weight is 221 g/mol. The molecule has 0 saturated carbocycles. The van der Waals surface area contributed by atoms with Gasteiger partial charge in [-0.05, 0) is 0 Å². The first kappa shape index (κ1) is 11.3. The van der Waals surface area contributed by atoms with Gasteiger partial charge in [-0.15, -0.1) is 11.6 Å². The zero-order chi connectivity index (χ0) is 10.7. The van der Waals surface area contributed by atoms with Crippen LogP contribution in [0.1, 0.15) is 0 Å². The van der Waals surface area contributed by atoms with Crippen LogP contribution < -0.4 is 0 Å². The van der Waals surface area contributed by atoms with Gasteiger partial charge >= 0.3 is 11.8 Å². The lowest BCUT2D eigenvalue weighted by atomic mass is 10.2. The number of likely N-dealkylation sites (N-methyl/N-ethyl adjacent to an activating group) is 1. The molecular weight excluding hydrogens is 208 g/mol. The van der Waals surface area contributed by atoms with Crippen molar-refractivity contribution >= 4 is 23.4 Å². The molecule has 1 aliphatic rings. The van der Waals surface area contributed by atoms with E-state index in [1.807, 2.05) is 0 Å². The van der Waals surface area contributed by atoms with E-state index >= 15 is 0 Å². The van der Waals surface area contributed by atoms with Crippen LogP contribution in [0.4, 0.5) is 0 Å². The second-order valence-corrected chi connectivity index (χ2v) is 3.59. The molecule has 1 N–H and O–H groups in total. The highest BCUT2D eigenvalue weighted by atomic mass is 35.5. The Hall–Kier alpha value is -0.810. The number of β-amino-alcohol motifs (C(OH)–C–C–N with tert-alkyl or cyclic N) is 1. The van der Waals surface area contributed by atoms with Crippen LogP contribution in [-0.2, 0) is 9.59 Å². The summed E-state index contributed by atoms with van der Waals surface area (Å²) in [6.45, 7) is 1.08. The Kier molecular flexibility index (Phi) is 3.71. The lowest BCUT2D eigenvalue weighted by Gasteiger charge is -2.32. The summed E-state index contributed by atoms with van der Waals surface area (Å²) >= 11 is 5.40. The predicted octanol–water partition coefficient (Wildman–Crippen LogP) is -1.11. The Bertz CT molecular complexity index is 247. The molecule has 0 aromatic carbocycles. The van der Waals surface area contributed by atoms with Crippen LogP contribution in [0.2, 0.25) is 0 Å². The molecule has 0 spiro atoms. The van der Waals surface area contributed by atoms with Crippen LogP contribution >= 0.6 is 11.6 Å². The first-order chi connectivity index (χ1) is 6.56. The van der Waals surface area contributed by atoms with Gasteiger partial charge in [-0.1, -0.05) is 0 Å². The number of hydrogen-bond acceptors (Lipinski definition) is 3. The number of aliphatic hydroxyl groups excluding tert-OH is 1. The molecular formula is C8H13ClN2O3. The Morgan fingerprint density at radius 1 is 1.43 bits per heavy atom. The number of hydrogen-bond donors (Lipinski definition) is 1. The van der Waals surface area contributed by atoms with Crippen LogP contribution in [0.5, 0.6) is 0 Å². The third-order valence-electron chi connectivity index (χ3n) is 2.13. The molecule has 0 aromatic heterocycles. The fraction of sp³-hybridized carbons (Fsp3) is 0.750. The molecule has 1 fully saturated rings. The van der Waals surface area contributed by atoms with E-state index in [-0.39, 0.29) is 12.4 Å². The first-order valence-electron chi connectivity index (χ1n) is 4.34. The number of aliphatic hydroxyl groups is 1. The molecule has 80 valence electrons. The van der Waals surface area contributed by atoms with Gasteiger partial charge in [0, 0.05) is 26.7 Å². The largest absolute Gasteiger partial charge is 0.390 e. The van der Waals surface area contributed by atoms with Gasteiger partial charge in [0.15, 0.2) is 0 Å². The summed E-state index contributed by atoms with van der Waals surface area (Å²) in [5, 5.41) is 9.23. The molecule has 1 heterocycles. The van der Waals surface area contributed by atoms with Gasteiger partial charge in [-0.2, -0.15) is 0 Å². The van der Waals surface area contributed by atoms with Crippen molar-refractivity contribution in [3.05, 3.63) is 0 Å². The van der Waals surface area contributed by atoms with Crippen molar-refractivity contribution in [2.75, 3.05) is 32.6 Å². The predicted molar refractivity (Wildman–Crippen MR) is 50.9 cm³/mol. The highest BCUT2D eigenvalue weighted by Gasteiger charge is 2.30. The number of carbonyl (C=O) groups excluding carboxylic acids is 2. The number of alkyl halides is 1. The quantitative estimate of drug-likeness (QED) is 0.485. The minimum atomic E-state index is -0.767. The highest BCUT2D eigenvalue weighted by molar-refractivity contribution is 6.35. The Labute approximate surface area is 87.2 Å². The van der Waals surface area contributed by atoms with Crippen molar-refractivity contribution in [3.63, 3.8) is 0 Å². The molecule has 1 unspecified atom stereocenters. The number of rotatable bonds is 3. The van der Waals surface area contributed by atoms with Crippen LogP contribution in [0.3, 0.4) is 0 Å². The first-order valence-corrected chi connectivity index (χ1v) is 4.88. The normalized spacial score (nSPS) is 20.2. The summed E-state index contributed by atoms with van der Waals surface area (Å²) in [7, 11) is 1.58. The van der Waals surface area contributed by atoms with Crippen molar-refractivity contribution in [1.82, 2.24) is 9.80 Å². The second-order valence-electron chi connectivity index (χ2n) is 3.29. The molecule has 0 aromatic rings. The van der Waals surface area contributed by atoms with Gasteiger partial charge in [0.05, 0.1) is 12.0 Å². The fourth-order valence-electron chi connectivity index (χ4n) is 1.25. The maximum absolute atomic E-state index is 11.4. The summed E-state index contributed by atoms with van der Waals surface area (Å²) in [6.07, 6.45) is -0.767. The van der Waals surface area contributed by atoms with Gasteiger partial charge in [0.25, 0.3) is 0 Å². The van der Waals surface area contributed by atoms with Crippen LogP contribution in [0, 0.1) is 0 Å². The van der Waals surface area contributed by atoms with Crippen molar-refractivity contribution in [1.29, 1.82) is 0 Å². The number of carbonyl (C=O) groups is 2. The minimum absolute atomic E-state index is 0.0633. The molecule has 14 heavy (non-hydrogen) atoms. The van der Waals surface area contributed by atoms with Gasteiger partial charge in [0.1, 0.15) is 0 Å². The highest BCUT2D eigenvalue weighted by Crippen LogP contribution is 2.04. The van der Waals surface area contributed by atoms with E-state index in [2.05, 4.69) is 0 Å². The molecule has 1 rings (SSSR count). The molecule has 1 aliphatic heterocycles. The number of amides is 2. The zero-order valence-corrected chi connectivity index (χ0v) is 8.70. The molecule has 1 saturated heterocycles. The third kappa shape index (κ3) is 2.36. The van der Waals surface area contributed by atoms with E-state index < -0.39 is 17.9 Å². The van der Waals surface area contributed by atoms with Crippen LogP contribution in [0.15, 0.2) is 0 Å². The summed E-state index contributed by atoms with van der Waals surface area (Å²) in [5.74, 6) is -1.03. The van der Waals surface area contributed by atoms with Crippen molar-refractivity contribution in [2.45, 2.75) is 6.10 Å². The molecule has 2 amide bonds. The summed E-state index contributed by atoms with van der Waals surface area (Å²) < 4.78 is 0. The number of halogens is 1. The van der Waals surface area contributed by atoms with Gasteiger partial charge in [-0.25, -0.2) is 0 Å². The molecule has 0 bridgehead atoms. The fourth-order valence-corrected chi connectivity index (χ4v) is 1.35. The van der Waals surface area contributed by atoms with Crippen molar-refractivity contribution < 1.29 is 14.7 Å². The number of nitrogens with zero attached hydrogens (tertiary/aromatic N) is 2. The third-order valence-corrected chi connectivity index (χ3v) is 2.49. The SMILES string of the molecule is CN1CCN(CC(O)CCl)C(=O)C1=O. The smallest absolute Gasteiger partial charge is 0.312 e. The number of piperazine rings is 1. The average Bonchev–Trinajstić information content (AvgIpc) is 2.19. The molecule has 0 aliphatic carbocycles. The lowest BCUT2D eigenvalue weighted by Crippen LogP contribution is -2.54. The zero-order valence-electron chi connectivity index (χ0n) is 7.94. The summed E-state index contributed by atoms with van der Waals surface area (Å²) in [6, 6.07) is 0. The van der Waals surface area contributed by atoms with Gasteiger partial charge < -0.3 is 14.9 Å². The van der Waals surface area contributed by atoms with E-state index in [9.17, 15) is 14.7 Å². The van der Waals surface area contributed by atoms with E-state index in [1.165, 1.54) is 9.80 Å². The van der Waals surface area contributed by atoms with Crippen LogP contribution in [0.25, 0.3) is 0 Å². The van der Waals surface area contributed by atoms with Gasteiger partial charge in [0.2, 0.25) is 0 Å². The molecule has 0 radical (unpaired) electrons. The minimum Gasteiger partial charge on any atom is -0.390 e. The second kappa shape index (κ2) is 4.61. The Balaban J connectivity index is 2.55. The molecule has 6 heteroatoms. The Morgan fingerprint density at radius 2 is 2.07 bits per heavy atom. The van der Waals surface area contributed by atoms with Gasteiger partial charge in [-0.3, -0.25) is 9.59 Å². The monoisotopic (exact) mass is 220 g/mol. The maximum atomic E-state index is 11.4. The standard InChI is InChI=1S/C8H13ClN2O3/c1-10-2-3-11(5-6(12)4-9)8(14)7(10)13/h6,12H,2-5H2,1H3. The Morgan fingerprint density at radius 3 is 2.64 bits per heavy atom. The maximum Gasteiger partial charge on any atom is 0.312 e. The molecule has 5 nitrogen and oxygen atoms in total. The van der Waals surface area contributed by atoms with E-state index in [1.54, 1.807) is 7.05 Å².